The van der Waals surface area contributed by atoms with E-state index in [1.807, 2.05) is 78.7 Å². The lowest BCUT2D eigenvalue weighted by Crippen LogP contribution is -2.32. The first-order valence-corrected chi connectivity index (χ1v) is 11.5. The van der Waals surface area contributed by atoms with E-state index < -0.39 is 0 Å². The number of anilines is 3. The molecule has 0 saturated heterocycles. The van der Waals surface area contributed by atoms with Crippen LogP contribution in [0.2, 0.25) is 0 Å². The molecule has 0 fully saturated rings. The molecule has 34 heavy (non-hydrogen) atoms. The number of nitrogens with one attached hydrogen (secondary N) is 3. The lowest BCUT2D eigenvalue weighted by Gasteiger charge is -2.23. The number of benzene rings is 3. The van der Waals surface area contributed by atoms with Crippen LogP contribution in [0.1, 0.15) is 23.7 Å². The molecule has 3 aromatic carbocycles. The highest BCUT2D eigenvalue weighted by Crippen LogP contribution is 2.35. The van der Waals surface area contributed by atoms with Crippen LogP contribution in [0.25, 0.3) is 11.1 Å². The van der Waals surface area contributed by atoms with Gasteiger partial charge in [0.2, 0.25) is 6.41 Å². The average molecular weight is 459 g/mol. The van der Waals surface area contributed by atoms with Gasteiger partial charge in [0.15, 0.2) is 0 Å². The van der Waals surface area contributed by atoms with Gasteiger partial charge in [0.25, 0.3) is 5.91 Å². The number of rotatable bonds is 8. The number of fused-ring (bicyclic) bond motifs is 1. The van der Waals surface area contributed by atoms with Crippen molar-refractivity contribution in [3.05, 3.63) is 72.3 Å². The molecule has 2 amide bonds. The van der Waals surface area contributed by atoms with Crippen LogP contribution in [0.5, 0.6) is 5.75 Å². The molecule has 0 spiro atoms. The van der Waals surface area contributed by atoms with Crippen LogP contribution in [-0.2, 0) is 4.79 Å². The zero-order chi connectivity index (χ0) is 23.9. The molecule has 7 nitrogen and oxygen atoms in total. The van der Waals surface area contributed by atoms with Crippen molar-refractivity contribution in [1.29, 1.82) is 0 Å². The van der Waals surface area contributed by atoms with Crippen LogP contribution in [0.15, 0.2) is 66.7 Å². The molecule has 0 unspecified atom stereocenters. The van der Waals surface area contributed by atoms with Gasteiger partial charge in [-0.2, -0.15) is 0 Å². The molecule has 0 saturated carbocycles. The van der Waals surface area contributed by atoms with E-state index >= 15 is 0 Å². The lowest BCUT2D eigenvalue weighted by molar-refractivity contribution is -0.105. The van der Waals surface area contributed by atoms with Crippen LogP contribution in [0.3, 0.4) is 0 Å². The maximum absolute atomic E-state index is 13.7. The third kappa shape index (κ3) is 5.21. The van der Waals surface area contributed by atoms with E-state index in [1.54, 1.807) is 0 Å². The molecule has 1 aliphatic rings. The van der Waals surface area contributed by atoms with Gasteiger partial charge in [-0.05, 0) is 68.4 Å². The summed E-state index contributed by atoms with van der Waals surface area (Å²) in [6.45, 7) is 3.92. The Labute approximate surface area is 200 Å². The number of nitrogens with zero attached hydrogens (tertiary/aromatic N) is 1. The zero-order valence-corrected chi connectivity index (χ0v) is 19.5. The molecule has 176 valence electrons. The third-order valence-electron chi connectivity index (χ3n) is 5.89. The Morgan fingerprint density at radius 1 is 1.15 bits per heavy atom. The van der Waals surface area contributed by atoms with Crippen LogP contribution in [0.4, 0.5) is 17.1 Å². The van der Waals surface area contributed by atoms with Gasteiger partial charge in [0, 0.05) is 35.9 Å². The molecule has 0 aromatic heterocycles. The predicted molar refractivity (Wildman–Crippen MR) is 137 cm³/mol. The summed E-state index contributed by atoms with van der Waals surface area (Å²) in [5, 5.41) is 9.22. The third-order valence-corrected chi connectivity index (χ3v) is 5.89. The van der Waals surface area contributed by atoms with Gasteiger partial charge in [-0.25, -0.2) is 0 Å². The van der Waals surface area contributed by atoms with E-state index in [1.165, 1.54) is 0 Å². The Bertz CT molecular complexity index is 1150. The molecule has 0 bridgehead atoms. The Morgan fingerprint density at radius 3 is 2.71 bits per heavy atom. The van der Waals surface area contributed by atoms with E-state index in [4.69, 9.17) is 4.74 Å². The number of hydrogen-bond acceptors (Lipinski definition) is 5. The summed E-state index contributed by atoms with van der Waals surface area (Å²) in [5.74, 6) is 0.589. The van der Waals surface area contributed by atoms with Gasteiger partial charge in [0.05, 0.1) is 11.4 Å². The van der Waals surface area contributed by atoms with Crippen LogP contribution in [0, 0.1) is 0 Å². The normalized spacial score (nSPS) is 15.0. The van der Waals surface area contributed by atoms with E-state index in [0.717, 1.165) is 28.9 Å². The number of amides is 2. The highest BCUT2D eigenvalue weighted by atomic mass is 16.5. The van der Waals surface area contributed by atoms with Gasteiger partial charge in [0.1, 0.15) is 12.4 Å². The van der Waals surface area contributed by atoms with E-state index in [0.29, 0.717) is 43.1 Å². The first-order valence-electron chi connectivity index (χ1n) is 11.5. The molecule has 0 aliphatic carbocycles. The van der Waals surface area contributed by atoms with E-state index in [-0.39, 0.29) is 11.9 Å². The number of carbonyl (C=O) groups excluding carboxylic acids is 2. The first kappa shape index (κ1) is 23.3. The van der Waals surface area contributed by atoms with Crippen molar-refractivity contribution >= 4 is 29.4 Å². The molecule has 1 atom stereocenters. The molecule has 7 heteroatoms. The van der Waals surface area contributed by atoms with Gasteiger partial charge < -0.3 is 25.6 Å². The van der Waals surface area contributed by atoms with Crippen molar-refractivity contribution in [2.75, 3.05) is 42.3 Å². The number of likely N-dealkylation sites (N-methyl/N-ethyl adjacent to an activating group) is 1. The summed E-state index contributed by atoms with van der Waals surface area (Å²) in [6, 6.07) is 21.3. The molecule has 1 heterocycles. The number of para-hydroxylation sites is 2. The molecule has 3 aromatic rings. The number of ether oxygens (including phenoxy) is 1. The highest BCUT2D eigenvalue weighted by molar-refractivity contribution is 6.08. The smallest absolute Gasteiger partial charge is 0.258 e. The van der Waals surface area contributed by atoms with Crippen molar-refractivity contribution in [3.63, 3.8) is 0 Å². The number of carbonyl (C=O) groups is 2. The molecule has 1 aliphatic heterocycles. The minimum atomic E-state index is -0.0566. The minimum Gasteiger partial charge on any atom is -0.492 e. The standard InChI is InChI=1S/C27H30N4O3/c1-19-13-15-31(25-6-4-3-5-24(25)30-19)27(33)21-9-12-23(26(17-21)34-16-14-28-2)20-7-10-22(11-8-20)29-18-32/h3-12,17-19,28,30H,13-16H2,1-2H3,(H,29,32)/t19-/m0/s1. The maximum atomic E-state index is 13.7. The average Bonchev–Trinajstić information content (AvgIpc) is 3.02. The summed E-state index contributed by atoms with van der Waals surface area (Å²) in [4.78, 5) is 26.2. The number of hydrogen-bond donors (Lipinski definition) is 3. The Morgan fingerprint density at radius 2 is 1.94 bits per heavy atom. The van der Waals surface area contributed by atoms with Crippen molar-refractivity contribution in [2.45, 2.75) is 19.4 Å². The highest BCUT2D eigenvalue weighted by Gasteiger charge is 2.25. The second-order valence-corrected chi connectivity index (χ2v) is 8.31. The predicted octanol–water partition coefficient (Wildman–Crippen LogP) is 4.37. The zero-order valence-electron chi connectivity index (χ0n) is 19.5. The Kier molecular flexibility index (Phi) is 7.44. The van der Waals surface area contributed by atoms with Crippen molar-refractivity contribution < 1.29 is 14.3 Å². The summed E-state index contributed by atoms with van der Waals surface area (Å²) in [5.41, 5.74) is 4.96. The summed E-state index contributed by atoms with van der Waals surface area (Å²) in [7, 11) is 1.87. The second-order valence-electron chi connectivity index (χ2n) is 8.31. The topological polar surface area (TPSA) is 82.7 Å². The SMILES string of the molecule is CNCCOc1cc(C(=O)N2CC[C@H](C)Nc3ccccc32)ccc1-c1ccc(NC=O)cc1. The second kappa shape index (κ2) is 10.9. The van der Waals surface area contributed by atoms with Gasteiger partial charge in [-0.3, -0.25) is 9.59 Å². The first-order chi connectivity index (χ1) is 16.6. The summed E-state index contributed by atoms with van der Waals surface area (Å²) < 4.78 is 6.08. The fraction of sp³-hybridized carbons (Fsp3) is 0.259. The van der Waals surface area contributed by atoms with Crippen LogP contribution >= 0.6 is 0 Å². The fourth-order valence-corrected chi connectivity index (χ4v) is 4.07. The monoisotopic (exact) mass is 458 g/mol. The van der Waals surface area contributed by atoms with E-state index in [9.17, 15) is 9.59 Å². The van der Waals surface area contributed by atoms with Crippen LogP contribution < -0.4 is 25.6 Å². The largest absolute Gasteiger partial charge is 0.492 e. The minimum absolute atomic E-state index is 0.0566. The Hall–Kier alpha value is -3.84. The van der Waals surface area contributed by atoms with Gasteiger partial charge >= 0.3 is 0 Å². The summed E-state index contributed by atoms with van der Waals surface area (Å²) in [6.07, 6.45) is 1.50. The van der Waals surface area contributed by atoms with Crippen molar-refractivity contribution in [2.24, 2.45) is 0 Å². The fourth-order valence-electron chi connectivity index (χ4n) is 4.07. The summed E-state index contributed by atoms with van der Waals surface area (Å²) >= 11 is 0. The molecule has 3 N–H and O–H groups in total. The maximum Gasteiger partial charge on any atom is 0.258 e. The van der Waals surface area contributed by atoms with Gasteiger partial charge in [-0.1, -0.05) is 24.3 Å². The lowest BCUT2D eigenvalue weighted by atomic mass is 10.0. The molecular formula is C27H30N4O3. The molecular weight excluding hydrogens is 428 g/mol. The van der Waals surface area contributed by atoms with Gasteiger partial charge in [-0.15, -0.1) is 0 Å². The van der Waals surface area contributed by atoms with E-state index in [2.05, 4.69) is 22.9 Å². The van der Waals surface area contributed by atoms with Crippen LogP contribution in [-0.4, -0.2) is 45.1 Å². The quantitative estimate of drug-likeness (QED) is 0.345. The molecule has 4 rings (SSSR count). The Balaban J connectivity index is 1.67. The molecule has 0 radical (unpaired) electrons. The van der Waals surface area contributed by atoms with Crippen molar-refractivity contribution in [1.82, 2.24) is 5.32 Å². The van der Waals surface area contributed by atoms with Crippen molar-refractivity contribution in [3.8, 4) is 16.9 Å².